The molecule has 3 rings (SSSR count). The van der Waals surface area contributed by atoms with E-state index in [2.05, 4.69) is 20.2 Å². The second kappa shape index (κ2) is 6.84. The quantitative estimate of drug-likeness (QED) is 0.648. The molecule has 1 aromatic heterocycles. The van der Waals surface area contributed by atoms with Crippen molar-refractivity contribution >= 4 is 34.8 Å². The van der Waals surface area contributed by atoms with Crippen LogP contribution in [0.3, 0.4) is 0 Å². The molecular formula is C15H14N4O2S2. The van der Waals surface area contributed by atoms with E-state index in [9.17, 15) is 4.79 Å². The normalized spacial score (nSPS) is 17.4. The summed E-state index contributed by atoms with van der Waals surface area (Å²) in [6.07, 6.45) is 0. The zero-order chi connectivity index (χ0) is 16.2. The Morgan fingerprint density at radius 1 is 1.39 bits per heavy atom. The number of carbonyl (C=O) groups is 1. The van der Waals surface area contributed by atoms with E-state index >= 15 is 0 Å². The molecule has 0 aliphatic carbocycles. The topological polar surface area (TPSA) is 76.1 Å². The molecule has 6 nitrogen and oxygen atoms in total. The van der Waals surface area contributed by atoms with Crippen molar-refractivity contribution in [1.82, 2.24) is 20.2 Å². The third-order valence-electron chi connectivity index (χ3n) is 3.37. The maximum absolute atomic E-state index is 12.5. The fourth-order valence-corrected chi connectivity index (χ4v) is 3.04. The predicted molar refractivity (Wildman–Crippen MR) is 90.5 cm³/mol. The second-order valence-corrected chi connectivity index (χ2v) is 5.98. The van der Waals surface area contributed by atoms with Gasteiger partial charge in [0.15, 0.2) is 5.11 Å². The molecular weight excluding hydrogens is 332 g/mol. The lowest BCUT2D eigenvalue weighted by atomic mass is 10.0. The second-order valence-electron chi connectivity index (χ2n) is 4.96. The van der Waals surface area contributed by atoms with Crippen molar-refractivity contribution in [2.75, 3.05) is 0 Å². The summed E-state index contributed by atoms with van der Waals surface area (Å²) >= 11 is 6.38. The summed E-state index contributed by atoms with van der Waals surface area (Å²) < 4.78 is 9.28. The van der Waals surface area contributed by atoms with Crippen LogP contribution in [0.4, 0.5) is 0 Å². The number of hydrogen-bond donors (Lipinski definition) is 2. The van der Waals surface area contributed by atoms with Crippen molar-refractivity contribution in [3.63, 3.8) is 0 Å². The van der Waals surface area contributed by atoms with Crippen LogP contribution in [0.2, 0.25) is 0 Å². The third-order valence-corrected chi connectivity index (χ3v) is 4.12. The molecule has 8 heteroatoms. The number of nitrogens with one attached hydrogen (secondary N) is 2. The Hall–Kier alpha value is -2.32. The van der Waals surface area contributed by atoms with E-state index in [1.807, 2.05) is 30.3 Å². The van der Waals surface area contributed by atoms with Crippen LogP contribution in [0.1, 0.15) is 24.2 Å². The van der Waals surface area contributed by atoms with Crippen LogP contribution in [-0.2, 0) is 16.1 Å². The summed E-state index contributed by atoms with van der Waals surface area (Å²) in [5.41, 5.74) is 2.69. The summed E-state index contributed by atoms with van der Waals surface area (Å²) in [4.78, 5) is 12.5. The first-order valence-electron chi connectivity index (χ1n) is 6.91. The van der Waals surface area contributed by atoms with Gasteiger partial charge in [-0.25, -0.2) is 4.79 Å². The molecule has 0 bridgehead atoms. The van der Waals surface area contributed by atoms with E-state index in [0.717, 1.165) is 5.56 Å². The molecule has 1 aromatic carbocycles. The lowest BCUT2D eigenvalue weighted by Crippen LogP contribution is -2.45. The number of benzene rings is 1. The van der Waals surface area contributed by atoms with Crippen LogP contribution in [-0.4, -0.2) is 20.7 Å². The van der Waals surface area contributed by atoms with Gasteiger partial charge < -0.3 is 15.4 Å². The fourth-order valence-electron chi connectivity index (χ4n) is 2.28. The largest absolute Gasteiger partial charge is 0.457 e. The first-order chi connectivity index (χ1) is 11.1. The van der Waals surface area contributed by atoms with Gasteiger partial charge in [0.25, 0.3) is 0 Å². The maximum atomic E-state index is 12.5. The number of rotatable bonds is 4. The Bertz CT molecular complexity index is 744. The fraction of sp³-hybridized carbons (Fsp3) is 0.200. The molecule has 0 amide bonds. The first-order valence-corrected chi connectivity index (χ1v) is 8.16. The minimum absolute atomic E-state index is 0.211. The number of esters is 1. The molecule has 0 unspecified atom stereocenters. The highest BCUT2D eigenvalue weighted by Crippen LogP contribution is 2.27. The molecule has 0 spiro atoms. The molecule has 0 fully saturated rings. The van der Waals surface area contributed by atoms with Crippen molar-refractivity contribution in [3.05, 3.63) is 58.2 Å². The molecule has 0 radical (unpaired) electrons. The zero-order valence-corrected chi connectivity index (χ0v) is 13.9. The van der Waals surface area contributed by atoms with E-state index < -0.39 is 12.0 Å². The van der Waals surface area contributed by atoms with Crippen LogP contribution in [0.25, 0.3) is 0 Å². The summed E-state index contributed by atoms with van der Waals surface area (Å²) in [6, 6.07) is 9.08. The number of aromatic nitrogens is 2. The molecule has 2 N–H and O–H groups in total. The molecule has 1 aliphatic heterocycles. The van der Waals surface area contributed by atoms with Crippen LogP contribution in [0.15, 0.2) is 47.0 Å². The standard InChI is InChI=1S/C15H14N4O2S2/c1-9-12(14(20)21-7-10-5-3-2-4-6-10)13(17-15(22)16-9)11-8-23-19-18-11/h2-6,8,13H,7H2,1H3,(H2,16,17,22)/t13-/m1/s1. The lowest BCUT2D eigenvalue weighted by Gasteiger charge is -2.28. The van der Waals surface area contributed by atoms with Gasteiger partial charge >= 0.3 is 5.97 Å². The molecule has 1 aliphatic rings. The highest BCUT2D eigenvalue weighted by atomic mass is 32.1. The zero-order valence-electron chi connectivity index (χ0n) is 12.3. The SMILES string of the molecule is CC1=C(C(=O)OCc2ccccc2)[C@@H](c2csnn2)NC(=S)N1. The van der Waals surface area contributed by atoms with Crippen molar-refractivity contribution in [3.8, 4) is 0 Å². The Balaban J connectivity index is 1.81. The summed E-state index contributed by atoms with van der Waals surface area (Å²) in [6.45, 7) is 2.00. The molecule has 2 heterocycles. The average molecular weight is 346 g/mol. The molecule has 0 saturated carbocycles. The Kier molecular flexibility index (Phi) is 4.63. The maximum Gasteiger partial charge on any atom is 0.338 e. The van der Waals surface area contributed by atoms with Crippen molar-refractivity contribution in [1.29, 1.82) is 0 Å². The molecule has 118 valence electrons. The van der Waals surface area contributed by atoms with Crippen molar-refractivity contribution < 1.29 is 9.53 Å². The minimum atomic E-state index is -0.453. The van der Waals surface area contributed by atoms with Crippen molar-refractivity contribution in [2.24, 2.45) is 0 Å². The van der Waals surface area contributed by atoms with Gasteiger partial charge in [0.2, 0.25) is 0 Å². The molecule has 2 aromatic rings. The van der Waals surface area contributed by atoms with Crippen molar-refractivity contribution in [2.45, 2.75) is 19.6 Å². The van der Waals surface area contributed by atoms with Crippen LogP contribution >= 0.6 is 23.8 Å². The van der Waals surface area contributed by atoms with Gasteiger partial charge in [-0.15, -0.1) is 5.10 Å². The van der Waals surface area contributed by atoms with Crippen LogP contribution in [0.5, 0.6) is 0 Å². The monoisotopic (exact) mass is 346 g/mol. The highest BCUT2D eigenvalue weighted by Gasteiger charge is 2.32. The Morgan fingerprint density at radius 2 is 2.17 bits per heavy atom. The van der Waals surface area contributed by atoms with Gasteiger partial charge in [0.1, 0.15) is 18.3 Å². The summed E-state index contributed by atoms with van der Waals surface area (Å²) in [5.74, 6) is -0.410. The van der Waals surface area contributed by atoms with Gasteiger partial charge in [-0.1, -0.05) is 34.8 Å². The predicted octanol–water partition coefficient (Wildman–Crippen LogP) is 2.07. The highest BCUT2D eigenvalue weighted by molar-refractivity contribution is 7.80. The molecule has 23 heavy (non-hydrogen) atoms. The number of ether oxygens (including phenoxy) is 1. The van der Waals surface area contributed by atoms with Gasteiger partial charge in [-0.3, -0.25) is 0 Å². The first kappa shape index (κ1) is 15.6. The Morgan fingerprint density at radius 3 is 2.87 bits per heavy atom. The third kappa shape index (κ3) is 3.54. The van der Waals surface area contributed by atoms with Gasteiger partial charge in [0.05, 0.1) is 5.57 Å². The number of thiocarbonyl (C=S) groups is 1. The number of nitrogens with zero attached hydrogens (tertiary/aromatic N) is 2. The van der Waals surface area contributed by atoms with E-state index in [1.54, 1.807) is 12.3 Å². The Labute approximate surface area is 142 Å². The van der Waals surface area contributed by atoms with E-state index in [4.69, 9.17) is 17.0 Å². The van der Waals surface area contributed by atoms with Crippen LogP contribution < -0.4 is 10.6 Å². The number of carbonyl (C=O) groups excluding carboxylic acids is 1. The average Bonchev–Trinajstić information content (AvgIpc) is 3.07. The summed E-state index contributed by atoms with van der Waals surface area (Å²) in [7, 11) is 0. The molecule has 0 saturated heterocycles. The van der Waals surface area contributed by atoms with Gasteiger partial charge in [-0.05, 0) is 36.2 Å². The number of hydrogen-bond acceptors (Lipinski definition) is 6. The minimum Gasteiger partial charge on any atom is -0.457 e. The van der Waals surface area contributed by atoms with E-state index in [1.165, 1.54) is 11.5 Å². The van der Waals surface area contributed by atoms with E-state index in [0.29, 0.717) is 22.1 Å². The van der Waals surface area contributed by atoms with Gasteiger partial charge in [0, 0.05) is 11.1 Å². The summed E-state index contributed by atoms with van der Waals surface area (Å²) in [5, 5.41) is 12.3. The molecule has 1 atom stereocenters. The smallest absolute Gasteiger partial charge is 0.338 e. The van der Waals surface area contributed by atoms with Gasteiger partial charge in [-0.2, -0.15) is 0 Å². The number of allylic oxidation sites excluding steroid dienone is 1. The lowest BCUT2D eigenvalue weighted by molar-refractivity contribution is -0.140. The van der Waals surface area contributed by atoms with E-state index in [-0.39, 0.29) is 6.61 Å². The van der Waals surface area contributed by atoms with Crippen LogP contribution in [0, 0.1) is 0 Å².